The van der Waals surface area contributed by atoms with Crippen LogP contribution in [0.5, 0.6) is 0 Å². The molecule has 180 valence electrons. The predicted octanol–water partition coefficient (Wildman–Crippen LogP) is 3.01. The van der Waals surface area contributed by atoms with Crippen molar-refractivity contribution in [2.75, 3.05) is 49.2 Å². The van der Waals surface area contributed by atoms with E-state index in [1.807, 2.05) is 15.8 Å². The number of hydrogen-bond acceptors (Lipinski definition) is 8. The van der Waals surface area contributed by atoms with Crippen molar-refractivity contribution in [2.24, 2.45) is 5.41 Å². The fraction of sp³-hybridized carbons (Fsp3) is 0.591. The minimum absolute atomic E-state index is 0.115. The molecule has 3 fully saturated rings. The average Bonchev–Trinajstić information content (AvgIpc) is 3.37. The first-order valence-corrected chi connectivity index (χ1v) is 11.5. The van der Waals surface area contributed by atoms with E-state index in [9.17, 15) is 13.2 Å². The Morgan fingerprint density at radius 2 is 1.71 bits per heavy atom. The second-order valence-electron chi connectivity index (χ2n) is 9.53. The fourth-order valence-electron chi connectivity index (χ4n) is 5.20. The molecule has 3 saturated heterocycles. The van der Waals surface area contributed by atoms with Crippen molar-refractivity contribution in [3.63, 3.8) is 0 Å². The number of alkyl halides is 3. The van der Waals surface area contributed by atoms with Gasteiger partial charge in [-0.15, -0.1) is 0 Å². The highest BCUT2D eigenvalue weighted by molar-refractivity contribution is 5.71. The Morgan fingerprint density at radius 3 is 2.38 bits per heavy atom. The van der Waals surface area contributed by atoms with Crippen molar-refractivity contribution in [1.82, 2.24) is 29.7 Å². The van der Waals surface area contributed by atoms with Gasteiger partial charge in [0.1, 0.15) is 34.7 Å². The lowest BCUT2D eigenvalue weighted by molar-refractivity contribution is -0.141. The van der Waals surface area contributed by atoms with Crippen LogP contribution in [0.15, 0.2) is 18.5 Å². The second kappa shape index (κ2) is 7.76. The third-order valence-electron chi connectivity index (χ3n) is 7.28. The molecule has 34 heavy (non-hydrogen) atoms. The van der Waals surface area contributed by atoms with Crippen molar-refractivity contribution in [3.8, 4) is 0 Å². The van der Waals surface area contributed by atoms with Gasteiger partial charge in [0.15, 0.2) is 5.65 Å². The summed E-state index contributed by atoms with van der Waals surface area (Å²) >= 11 is 0. The van der Waals surface area contributed by atoms with Gasteiger partial charge in [-0.05, 0) is 31.6 Å². The summed E-state index contributed by atoms with van der Waals surface area (Å²) in [5, 5.41) is 4.44. The molecule has 0 saturated carbocycles. The third-order valence-corrected chi connectivity index (χ3v) is 7.28. The Hall–Kier alpha value is -3.02. The Labute approximate surface area is 194 Å². The van der Waals surface area contributed by atoms with Crippen LogP contribution < -0.4 is 9.80 Å². The van der Waals surface area contributed by atoms with E-state index in [-0.39, 0.29) is 17.3 Å². The molecule has 0 amide bonds. The number of aromatic nitrogens is 6. The zero-order valence-electron chi connectivity index (χ0n) is 18.8. The first-order valence-electron chi connectivity index (χ1n) is 11.5. The molecule has 0 aliphatic carbocycles. The molecule has 0 bridgehead atoms. The van der Waals surface area contributed by atoms with E-state index in [1.165, 1.54) is 6.92 Å². The van der Waals surface area contributed by atoms with Crippen molar-refractivity contribution >= 4 is 22.8 Å². The monoisotopic (exact) mass is 474 g/mol. The summed E-state index contributed by atoms with van der Waals surface area (Å²) in [6.45, 7) is 5.86. The molecule has 0 radical (unpaired) electrons. The van der Waals surface area contributed by atoms with E-state index in [2.05, 4.69) is 25.0 Å². The van der Waals surface area contributed by atoms with E-state index in [1.54, 1.807) is 6.20 Å². The molecule has 0 unspecified atom stereocenters. The lowest BCUT2D eigenvalue weighted by Gasteiger charge is -2.40. The SMILES string of the molecule is Cc1nc(N2CCC3(CC2)CCN(c2cnc4cnn(C5COC5)c4n2)C3)cc(C(F)(F)F)n1. The van der Waals surface area contributed by atoms with E-state index in [0.717, 1.165) is 55.4 Å². The van der Waals surface area contributed by atoms with E-state index in [0.29, 0.717) is 32.1 Å². The molecular formula is C22H25F3N8O. The van der Waals surface area contributed by atoms with Crippen LogP contribution >= 0.6 is 0 Å². The number of hydrogen-bond donors (Lipinski definition) is 0. The van der Waals surface area contributed by atoms with Gasteiger partial charge in [0.05, 0.1) is 25.6 Å². The van der Waals surface area contributed by atoms with Gasteiger partial charge in [0, 0.05) is 32.2 Å². The van der Waals surface area contributed by atoms with E-state index in [4.69, 9.17) is 9.72 Å². The summed E-state index contributed by atoms with van der Waals surface area (Å²) in [4.78, 5) is 21.5. The number of fused-ring (bicyclic) bond motifs is 1. The Kier molecular flexibility index (Phi) is 4.91. The number of rotatable bonds is 3. The maximum Gasteiger partial charge on any atom is 0.433 e. The molecule has 6 heterocycles. The van der Waals surface area contributed by atoms with Gasteiger partial charge in [-0.1, -0.05) is 0 Å². The summed E-state index contributed by atoms with van der Waals surface area (Å²) in [6.07, 6.45) is 1.87. The highest BCUT2D eigenvalue weighted by Crippen LogP contribution is 2.42. The van der Waals surface area contributed by atoms with Crippen LogP contribution in [-0.4, -0.2) is 69.1 Å². The second-order valence-corrected chi connectivity index (χ2v) is 9.53. The lowest BCUT2D eigenvalue weighted by atomic mass is 9.78. The van der Waals surface area contributed by atoms with Gasteiger partial charge >= 0.3 is 6.18 Å². The van der Waals surface area contributed by atoms with Crippen LogP contribution in [0.25, 0.3) is 11.2 Å². The molecule has 3 aromatic rings. The molecule has 12 heteroatoms. The molecule has 0 atom stereocenters. The number of nitrogens with zero attached hydrogens (tertiary/aromatic N) is 8. The molecular weight excluding hydrogens is 449 g/mol. The molecule has 9 nitrogen and oxygen atoms in total. The van der Waals surface area contributed by atoms with Crippen LogP contribution in [0.3, 0.4) is 0 Å². The predicted molar refractivity (Wildman–Crippen MR) is 118 cm³/mol. The first kappa shape index (κ1) is 21.5. The Morgan fingerprint density at radius 1 is 0.971 bits per heavy atom. The van der Waals surface area contributed by atoms with E-state index < -0.39 is 11.9 Å². The molecule has 3 aromatic heterocycles. The van der Waals surface area contributed by atoms with Crippen LogP contribution in [0, 0.1) is 12.3 Å². The van der Waals surface area contributed by atoms with E-state index >= 15 is 0 Å². The Balaban J connectivity index is 1.16. The lowest BCUT2D eigenvalue weighted by Crippen LogP contribution is -2.42. The molecule has 3 aliphatic heterocycles. The smallest absolute Gasteiger partial charge is 0.377 e. The van der Waals surface area contributed by atoms with Gasteiger partial charge in [0.2, 0.25) is 0 Å². The zero-order valence-corrected chi connectivity index (χ0v) is 18.8. The molecule has 0 N–H and O–H groups in total. The van der Waals surface area contributed by atoms with Gasteiger partial charge in [-0.3, -0.25) is 0 Å². The van der Waals surface area contributed by atoms with Gasteiger partial charge < -0.3 is 14.5 Å². The van der Waals surface area contributed by atoms with Crippen LogP contribution in [0.4, 0.5) is 24.8 Å². The number of aryl methyl sites for hydroxylation is 1. The quantitative estimate of drug-likeness (QED) is 0.573. The van der Waals surface area contributed by atoms with Crippen LogP contribution in [0.1, 0.15) is 36.8 Å². The topological polar surface area (TPSA) is 85.1 Å². The largest absolute Gasteiger partial charge is 0.433 e. The third kappa shape index (κ3) is 3.73. The minimum atomic E-state index is -4.48. The van der Waals surface area contributed by atoms with Gasteiger partial charge in [-0.25, -0.2) is 24.6 Å². The maximum absolute atomic E-state index is 13.2. The number of ether oxygens (including phenoxy) is 1. The van der Waals surface area contributed by atoms with Gasteiger partial charge in [-0.2, -0.15) is 18.3 Å². The summed E-state index contributed by atoms with van der Waals surface area (Å²) in [5.74, 6) is 1.34. The molecule has 0 aromatic carbocycles. The number of piperidine rings is 1. The summed E-state index contributed by atoms with van der Waals surface area (Å²) < 4.78 is 46.8. The molecule has 6 rings (SSSR count). The van der Waals surface area contributed by atoms with Crippen LogP contribution in [0.2, 0.25) is 0 Å². The average molecular weight is 474 g/mol. The normalized spacial score (nSPS) is 20.9. The highest BCUT2D eigenvalue weighted by Gasteiger charge is 2.42. The minimum Gasteiger partial charge on any atom is -0.377 e. The number of anilines is 2. The maximum atomic E-state index is 13.2. The first-order chi connectivity index (χ1) is 16.3. The standard InChI is InChI=1S/C22H25F3N8O/c1-14-28-17(22(23,24)25)8-18(29-14)31-5-2-21(3-6-31)4-7-32(13-21)19-10-26-16-9-27-33(20(16)30-19)15-11-34-12-15/h8-10,15H,2-7,11-13H2,1H3. The summed E-state index contributed by atoms with van der Waals surface area (Å²) in [6, 6.07) is 1.27. The summed E-state index contributed by atoms with van der Waals surface area (Å²) in [7, 11) is 0. The van der Waals surface area contributed by atoms with Crippen molar-refractivity contribution < 1.29 is 17.9 Å². The Bertz CT molecular complexity index is 1220. The highest BCUT2D eigenvalue weighted by atomic mass is 19.4. The van der Waals surface area contributed by atoms with Crippen molar-refractivity contribution in [2.45, 2.75) is 38.4 Å². The zero-order chi connectivity index (χ0) is 23.5. The molecule has 3 aliphatic rings. The van der Waals surface area contributed by atoms with Crippen molar-refractivity contribution in [3.05, 3.63) is 30.0 Å². The van der Waals surface area contributed by atoms with Gasteiger partial charge in [0.25, 0.3) is 0 Å². The number of halogens is 3. The fourth-order valence-corrected chi connectivity index (χ4v) is 5.20. The van der Waals surface area contributed by atoms with Crippen molar-refractivity contribution in [1.29, 1.82) is 0 Å². The summed E-state index contributed by atoms with van der Waals surface area (Å²) in [5.41, 5.74) is 0.783. The molecule has 1 spiro atoms. The van der Waals surface area contributed by atoms with Crippen LogP contribution in [-0.2, 0) is 10.9 Å².